The second-order valence-corrected chi connectivity index (χ2v) is 6.12. The molecule has 0 spiro atoms. The van der Waals surface area contributed by atoms with Crippen LogP contribution in [0, 0.1) is 0 Å². The molecule has 5 nitrogen and oxygen atoms in total. The maximum absolute atomic E-state index is 12.1. The normalized spacial score (nSPS) is 11.3. The molecule has 2 aromatic rings. The van der Waals surface area contributed by atoms with Crippen molar-refractivity contribution in [3.05, 3.63) is 46.6 Å². The third kappa shape index (κ3) is 3.09. The zero-order valence-electron chi connectivity index (χ0n) is 9.47. The highest BCUT2D eigenvalue weighted by Crippen LogP contribution is 2.31. The van der Waals surface area contributed by atoms with Crippen LogP contribution in [-0.4, -0.2) is 13.4 Å². The van der Waals surface area contributed by atoms with E-state index in [9.17, 15) is 8.42 Å². The van der Waals surface area contributed by atoms with E-state index in [1.165, 1.54) is 24.3 Å². The van der Waals surface area contributed by atoms with Crippen LogP contribution in [0.5, 0.6) is 0 Å². The Morgan fingerprint density at radius 1 is 1.11 bits per heavy atom. The molecule has 0 bridgehead atoms. The van der Waals surface area contributed by atoms with Crippen LogP contribution in [0.1, 0.15) is 0 Å². The van der Waals surface area contributed by atoms with Crippen molar-refractivity contribution in [1.82, 2.24) is 4.98 Å². The van der Waals surface area contributed by atoms with Crippen molar-refractivity contribution in [2.24, 2.45) is 0 Å². The monoisotopic (exact) mass is 317 g/mol. The van der Waals surface area contributed by atoms with E-state index in [0.29, 0.717) is 0 Å². The SMILES string of the molecule is Nc1ccc(S(=O)(=O)Nc2c(Cl)cccc2Cl)cn1. The summed E-state index contributed by atoms with van der Waals surface area (Å²) in [6.45, 7) is 0. The Labute approximate surface area is 120 Å². The molecule has 0 aliphatic carbocycles. The summed E-state index contributed by atoms with van der Waals surface area (Å²) in [6.07, 6.45) is 1.16. The largest absolute Gasteiger partial charge is 0.384 e. The molecule has 1 heterocycles. The number of rotatable bonds is 3. The molecule has 0 fully saturated rings. The number of pyridine rings is 1. The number of halogens is 2. The Bertz CT molecular complexity index is 682. The first-order chi connectivity index (χ1) is 8.90. The summed E-state index contributed by atoms with van der Waals surface area (Å²) in [6, 6.07) is 7.42. The van der Waals surface area contributed by atoms with E-state index < -0.39 is 10.0 Å². The standard InChI is InChI=1S/C11H9Cl2N3O2S/c12-8-2-1-3-9(13)11(8)16-19(17,18)7-4-5-10(14)15-6-7/h1-6,16H,(H2,14,15). The van der Waals surface area contributed by atoms with Gasteiger partial charge in [-0.15, -0.1) is 0 Å². The van der Waals surface area contributed by atoms with Crippen LogP contribution in [0.25, 0.3) is 0 Å². The molecule has 0 amide bonds. The van der Waals surface area contributed by atoms with Crippen molar-refractivity contribution >= 4 is 44.7 Å². The summed E-state index contributed by atoms with van der Waals surface area (Å²) in [7, 11) is -3.81. The molecule has 0 radical (unpaired) electrons. The number of nitrogen functional groups attached to an aromatic ring is 1. The van der Waals surface area contributed by atoms with Crippen LogP contribution in [0.4, 0.5) is 11.5 Å². The first kappa shape index (κ1) is 13.9. The second-order valence-electron chi connectivity index (χ2n) is 3.62. The number of para-hydroxylation sites is 1. The minimum atomic E-state index is -3.81. The second kappa shape index (κ2) is 5.24. The minimum absolute atomic E-state index is 0.0299. The summed E-state index contributed by atoms with van der Waals surface area (Å²) in [4.78, 5) is 3.69. The molecule has 0 unspecified atom stereocenters. The van der Waals surface area contributed by atoms with E-state index in [1.54, 1.807) is 6.07 Å². The van der Waals surface area contributed by atoms with E-state index in [2.05, 4.69) is 9.71 Å². The Morgan fingerprint density at radius 2 is 1.74 bits per heavy atom. The van der Waals surface area contributed by atoms with Gasteiger partial charge in [0.15, 0.2) is 0 Å². The van der Waals surface area contributed by atoms with Gasteiger partial charge in [0.1, 0.15) is 10.7 Å². The van der Waals surface area contributed by atoms with Crippen LogP contribution in [0.2, 0.25) is 10.0 Å². The smallest absolute Gasteiger partial charge is 0.263 e. The number of nitrogens with two attached hydrogens (primary N) is 1. The van der Waals surface area contributed by atoms with Crippen LogP contribution >= 0.6 is 23.2 Å². The average Bonchev–Trinajstić information content (AvgIpc) is 2.35. The summed E-state index contributed by atoms with van der Waals surface area (Å²) in [5.41, 5.74) is 5.53. The highest BCUT2D eigenvalue weighted by Gasteiger charge is 2.17. The Balaban J connectivity index is 2.39. The van der Waals surface area contributed by atoms with Gasteiger partial charge >= 0.3 is 0 Å². The number of sulfonamides is 1. The molecule has 0 saturated carbocycles. The number of anilines is 2. The number of benzene rings is 1. The van der Waals surface area contributed by atoms with Crippen LogP contribution in [0.3, 0.4) is 0 Å². The van der Waals surface area contributed by atoms with Gasteiger partial charge in [-0.05, 0) is 24.3 Å². The highest BCUT2D eigenvalue weighted by atomic mass is 35.5. The summed E-state index contributed by atoms with van der Waals surface area (Å²) in [5.74, 6) is 0.231. The van der Waals surface area contributed by atoms with Gasteiger partial charge in [-0.1, -0.05) is 29.3 Å². The third-order valence-corrected chi connectivity index (χ3v) is 4.23. The lowest BCUT2D eigenvalue weighted by molar-refractivity contribution is 0.601. The highest BCUT2D eigenvalue weighted by molar-refractivity contribution is 7.92. The number of hydrogen-bond donors (Lipinski definition) is 2. The number of aromatic nitrogens is 1. The predicted octanol–water partition coefficient (Wildman–Crippen LogP) is 2.77. The summed E-state index contributed by atoms with van der Waals surface area (Å²) >= 11 is 11.8. The fourth-order valence-electron chi connectivity index (χ4n) is 1.34. The van der Waals surface area contributed by atoms with Gasteiger partial charge in [0.05, 0.1) is 15.7 Å². The van der Waals surface area contributed by atoms with Gasteiger partial charge in [-0.2, -0.15) is 0 Å². The minimum Gasteiger partial charge on any atom is -0.384 e. The summed E-state index contributed by atoms with van der Waals surface area (Å²) in [5, 5.41) is 0.416. The zero-order valence-corrected chi connectivity index (χ0v) is 11.8. The number of nitrogens with zero attached hydrogens (tertiary/aromatic N) is 1. The van der Waals surface area contributed by atoms with Gasteiger partial charge in [0.25, 0.3) is 10.0 Å². The maximum atomic E-state index is 12.1. The average molecular weight is 318 g/mol. The van der Waals surface area contributed by atoms with Crippen molar-refractivity contribution < 1.29 is 8.42 Å². The third-order valence-electron chi connectivity index (χ3n) is 2.27. The van der Waals surface area contributed by atoms with E-state index >= 15 is 0 Å². The first-order valence-corrected chi connectivity index (χ1v) is 7.32. The first-order valence-electron chi connectivity index (χ1n) is 5.08. The lowest BCUT2D eigenvalue weighted by Crippen LogP contribution is -2.14. The molecule has 0 aliphatic heterocycles. The quantitative estimate of drug-likeness (QED) is 0.911. The van der Waals surface area contributed by atoms with Crippen LogP contribution in [0.15, 0.2) is 41.4 Å². The van der Waals surface area contributed by atoms with Crippen molar-refractivity contribution in [1.29, 1.82) is 0 Å². The molecular formula is C11H9Cl2N3O2S. The molecule has 0 saturated heterocycles. The van der Waals surface area contributed by atoms with Crippen molar-refractivity contribution in [3.8, 4) is 0 Å². The summed E-state index contributed by atoms with van der Waals surface area (Å²) < 4.78 is 26.5. The molecule has 0 aliphatic rings. The Hall–Kier alpha value is -1.50. The van der Waals surface area contributed by atoms with Gasteiger partial charge in [-0.25, -0.2) is 13.4 Å². The van der Waals surface area contributed by atoms with E-state index in [-0.39, 0.29) is 26.4 Å². The van der Waals surface area contributed by atoms with Gasteiger partial charge in [0.2, 0.25) is 0 Å². The van der Waals surface area contributed by atoms with Crippen LogP contribution in [-0.2, 0) is 10.0 Å². The van der Waals surface area contributed by atoms with Crippen LogP contribution < -0.4 is 10.5 Å². The van der Waals surface area contributed by atoms with Gasteiger partial charge < -0.3 is 5.73 Å². The van der Waals surface area contributed by atoms with Crippen molar-refractivity contribution in [2.45, 2.75) is 4.90 Å². The van der Waals surface area contributed by atoms with Gasteiger partial charge in [-0.3, -0.25) is 4.72 Å². The van der Waals surface area contributed by atoms with Gasteiger partial charge in [0, 0.05) is 6.20 Å². The number of hydrogen-bond acceptors (Lipinski definition) is 4. The van der Waals surface area contributed by atoms with E-state index in [4.69, 9.17) is 28.9 Å². The Morgan fingerprint density at radius 3 is 2.26 bits per heavy atom. The fourth-order valence-corrected chi connectivity index (χ4v) is 2.99. The fraction of sp³-hybridized carbons (Fsp3) is 0. The molecule has 3 N–H and O–H groups in total. The molecule has 100 valence electrons. The number of nitrogens with one attached hydrogen (secondary N) is 1. The molecule has 1 aromatic carbocycles. The molecule has 8 heteroatoms. The molecule has 19 heavy (non-hydrogen) atoms. The molecule has 1 aromatic heterocycles. The van der Waals surface area contributed by atoms with Crippen molar-refractivity contribution in [3.63, 3.8) is 0 Å². The molecule has 0 atom stereocenters. The molecule has 2 rings (SSSR count). The maximum Gasteiger partial charge on any atom is 0.263 e. The zero-order chi connectivity index (χ0) is 14.0. The lowest BCUT2D eigenvalue weighted by atomic mass is 10.3. The Kier molecular flexibility index (Phi) is 3.84. The lowest BCUT2D eigenvalue weighted by Gasteiger charge is -2.10. The van der Waals surface area contributed by atoms with Crippen molar-refractivity contribution in [2.75, 3.05) is 10.5 Å². The topological polar surface area (TPSA) is 85.1 Å². The molecular weight excluding hydrogens is 309 g/mol. The predicted molar refractivity (Wildman–Crippen MR) is 75.9 cm³/mol. The van der Waals surface area contributed by atoms with E-state index in [1.807, 2.05) is 0 Å². The van der Waals surface area contributed by atoms with E-state index in [0.717, 1.165) is 6.20 Å².